The van der Waals surface area contributed by atoms with Gasteiger partial charge in [0.15, 0.2) is 6.61 Å². The third kappa shape index (κ3) is 5.83. The van der Waals surface area contributed by atoms with Crippen LogP contribution in [0.2, 0.25) is 0 Å². The number of nitrogens with zero attached hydrogens (tertiary/aromatic N) is 2. The lowest BCUT2D eigenvalue weighted by molar-refractivity contribution is -0.119. The van der Waals surface area contributed by atoms with Crippen molar-refractivity contribution in [1.82, 2.24) is 9.88 Å². The zero-order valence-electron chi connectivity index (χ0n) is 20.0. The number of hydrogen-bond donors (Lipinski definition) is 1. The van der Waals surface area contributed by atoms with E-state index in [4.69, 9.17) is 9.47 Å². The van der Waals surface area contributed by atoms with E-state index >= 15 is 0 Å². The molecule has 0 atom stereocenters. The second kappa shape index (κ2) is 11.6. The largest absolute Gasteiger partial charge is 0.462 e. The van der Waals surface area contributed by atoms with Crippen LogP contribution in [0.15, 0.2) is 36.4 Å². The molecule has 10 heteroatoms. The Balaban J connectivity index is 1.76. The highest BCUT2D eigenvalue weighted by Gasteiger charge is 2.28. The highest BCUT2D eigenvalue weighted by Crippen LogP contribution is 2.34. The summed E-state index contributed by atoms with van der Waals surface area (Å²) >= 11 is 0.991. The van der Waals surface area contributed by atoms with E-state index in [0.29, 0.717) is 29.0 Å². The normalized spacial score (nSPS) is 10.6. The minimum Gasteiger partial charge on any atom is -0.462 e. The second-order valence-electron chi connectivity index (χ2n) is 7.47. The fourth-order valence-corrected chi connectivity index (χ4v) is 4.64. The van der Waals surface area contributed by atoms with Gasteiger partial charge in [-0.25, -0.2) is 14.6 Å². The molecule has 1 aromatic carbocycles. The predicted molar refractivity (Wildman–Crippen MR) is 133 cm³/mol. The van der Waals surface area contributed by atoms with Crippen LogP contribution in [0.4, 0.5) is 5.00 Å². The number of anilines is 1. The van der Waals surface area contributed by atoms with Crippen molar-refractivity contribution >= 4 is 51.0 Å². The number of carbonyl (C=O) groups is 4. The smallest absolute Gasteiger partial charge is 0.357 e. The van der Waals surface area contributed by atoms with Gasteiger partial charge in [0.25, 0.3) is 11.8 Å². The van der Waals surface area contributed by atoms with Crippen molar-refractivity contribution in [3.8, 4) is 0 Å². The first-order valence-electron chi connectivity index (χ1n) is 11.2. The first kappa shape index (κ1) is 25.8. The highest BCUT2D eigenvalue weighted by molar-refractivity contribution is 7.18. The number of nitrogens with one attached hydrogen (secondary N) is 1. The van der Waals surface area contributed by atoms with E-state index in [2.05, 4.69) is 10.3 Å². The molecule has 9 nitrogen and oxygen atoms in total. The van der Waals surface area contributed by atoms with Crippen LogP contribution in [-0.4, -0.2) is 59.9 Å². The Morgan fingerprint density at radius 3 is 2.37 bits per heavy atom. The molecule has 2 heterocycles. The first-order chi connectivity index (χ1) is 16.8. The minimum absolute atomic E-state index is 0.0720. The molecule has 0 unspecified atom stereocenters. The van der Waals surface area contributed by atoms with E-state index < -0.39 is 24.5 Å². The fraction of sp³-hybridized carbons (Fsp3) is 0.320. The molecule has 35 heavy (non-hydrogen) atoms. The number of esters is 2. The van der Waals surface area contributed by atoms with E-state index in [-0.39, 0.29) is 28.8 Å². The zero-order valence-corrected chi connectivity index (χ0v) is 20.9. The molecular weight excluding hydrogens is 470 g/mol. The molecule has 0 fully saturated rings. The van der Waals surface area contributed by atoms with Crippen LogP contribution in [0.1, 0.15) is 56.9 Å². The summed E-state index contributed by atoms with van der Waals surface area (Å²) in [6.07, 6.45) is 0. The molecule has 0 spiro atoms. The number of fused-ring (bicyclic) bond motifs is 1. The van der Waals surface area contributed by atoms with Crippen molar-refractivity contribution in [3.05, 3.63) is 58.1 Å². The van der Waals surface area contributed by atoms with Crippen molar-refractivity contribution in [3.63, 3.8) is 0 Å². The molecular formula is C25H27N3O6S. The summed E-state index contributed by atoms with van der Waals surface area (Å²) in [5, 5.41) is 3.63. The van der Waals surface area contributed by atoms with Gasteiger partial charge in [0.1, 0.15) is 10.7 Å². The molecule has 0 radical (unpaired) electrons. The van der Waals surface area contributed by atoms with E-state index in [1.165, 1.54) is 6.07 Å². The summed E-state index contributed by atoms with van der Waals surface area (Å²) < 4.78 is 10.2. The number of aromatic nitrogens is 1. The van der Waals surface area contributed by atoms with Crippen LogP contribution in [0.5, 0.6) is 0 Å². The van der Waals surface area contributed by atoms with Crippen LogP contribution in [0, 0.1) is 6.92 Å². The van der Waals surface area contributed by atoms with Crippen molar-refractivity contribution in [2.75, 3.05) is 31.6 Å². The van der Waals surface area contributed by atoms with Gasteiger partial charge >= 0.3 is 11.9 Å². The summed E-state index contributed by atoms with van der Waals surface area (Å²) in [6.45, 7) is 7.57. The lowest BCUT2D eigenvalue weighted by Crippen LogP contribution is -2.30. The van der Waals surface area contributed by atoms with Gasteiger partial charge in [0.2, 0.25) is 0 Å². The van der Waals surface area contributed by atoms with Gasteiger partial charge in [-0.1, -0.05) is 24.3 Å². The summed E-state index contributed by atoms with van der Waals surface area (Å²) in [5.74, 6) is -2.30. The van der Waals surface area contributed by atoms with Gasteiger partial charge in [0.05, 0.1) is 22.6 Å². The zero-order chi connectivity index (χ0) is 25.5. The topological polar surface area (TPSA) is 115 Å². The third-order valence-corrected chi connectivity index (χ3v) is 6.46. The molecule has 3 rings (SSSR count). The molecule has 0 aliphatic heterocycles. The molecule has 0 aliphatic rings. The van der Waals surface area contributed by atoms with Gasteiger partial charge < -0.3 is 19.7 Å². The monoisotopic (exact) mass is 497 g/mol. The summed E-state index contributed by atoms with van der Waals surface area (Å²) in [7, 11) is 0. The molecule has 0 aliphatic carbocycles. The molecule has 0 bridgehead atoms. The van der Waals surface area contributed by atoms with Gasteiger partial charge in [-0.2, -0.15) is 0 Å². The van der Waals surface area contributed by atoms with Crippen molar-refractivity contribution in [2.45, 2.75) is 27.7 Å². The van der Waals surface area contributed by atoms with Crippen LogP contribution in [0.3, 0.4) is 0 Å². The number of para-hydroxylation sites is 1. The van der Waals surface area contributed by atoms with E-state index in [1.807, 2.05) is 26.0 Å². The maximum atomic E-state index is 12.9. The summed E-state index contributed by atoms with van der Waals surface area (Å²) in [6, 6.07) is 10.6. The number of thiophene rings is 1. The molecule has 2 amide bonds. The molecule has 1 N–H and O–H groups in total. The summed E-state index contributed by atoms with van der Waals surface area (Å²) in [4.78, 5) is 56.7. The number of rotatable bonds is 9. The average molecular weight is 498 g/mol. The number of carbonyl (C=O) groups excluding carboxylic acids is 4. The molecule has 3 aromatic rings. The Morgan fingerprint density at radius 2 is 1.69 bits per heavy atom. The molecule has 0 saturated heterocycles. The maximum Gasteiger partial charge on any atom is 0.357 e. The molecule has 0 saturated carbocycles. The van der Waals surface area contributed by atoms with Crippen molar-refractivity contribution in [1.29, 1.82) is 0 Å². The lowest BCUT2D eigenvalue weighted by atomic mass is 10.1. The quantitative estimate of drug-likeness (QED) is 0.443. The van der Waals surface area contributed by atoms with Gasteiger partial charge in [-0.05, 0) is 45.4 Å². The second-order valence-corrected chi connectivity index (χ2v) is 8.49. The van der Waals surface area contributed by atoms with Gasteiger partial charge in [0, 0.05) is 18.5 Å². The van der Waals surface area contributed by atoms with Gasteiger partial charge in [-0.3, -0.25) is 9.59 Å². The highest BCUT2D eigenvalue weighted by atomic mass is 32.1. The van der Waals surface area contributed by atoms with Crippen LogP contribution in [0.25, 0.3) is 10.9 Å². The Kier molecular flexibility index (Phi) is 8.53. The maximum absolute atomic E-state index is 12.9. The predicted octanol–water partition coefficient (Wildman–Crippen LogP) is 4.06. The number of benzene rings is 1. The Labute approximate surface area is 207 Å². The molecule has 2 aromatic heterocycles. The van der Waals surface area contributed by atoms with Crippen LogP contribution >= 0.6 is 11.3 Å². The van der Waals surface area contributed by atoms with Crippen LogP contribution in [-0.2, 0) is 14.3 Å². The standard InChI is InChI=1S/C25H27N3O6S/c1-5-28(6-2)23(30)21-15(4)20(25(32)33-7-3)22(35-21)27-19(29)14-34-24(31)18-13-12-16-10-8-9-11-17(16)26-18/h8-13H,5-7,14H2,1-4H3,(H,27,29). The SMILES string of the molecule is CCOC(=O)c1c(NC(=O)COC(=O)c2ccc3ccccc3n2)sc(C(=O)N(CC)CC)c1C. The number of pyridine rings is 1. The van der Waals surface area contributed by atoms with Crippen LogP contribution < -0.4 is 5.32 Å². The van der Waals surface area contributed by atoms with E-state index in [1.54, 1.807) is 36.9 Å². The average Bonchev–Trinajstić information content (AvgIpc) is 3.18. The first-order valence-corrected chi connectivity index (χ1v) is 12.0. The van der Waals surface area contributed by atoms with E-state index in [9.17, 15) is 19.2 Å². The number of hydrogen-bond acceptors (Lipinski definition) is 8. The van der Waals surface area contributed by atoms with Gasteiger partial charge in [-0.15, -0.1) is 11.3 Å². The number of ether oxygens (including phenoxy) is 2. The minimum atomic E-state index is -0.753. The molecule has 184 valence electrons. The lowest BCUT2D eigenvalue weighted by Gasteiger charge is -2.18. The third-order valence-electron chi connectivity index (χ3n) is 5.27. The van der Waals surface area contributed by atoms with Crippen molar-refractivity contribution in [2.24, 2.45) is 0 Å². The fourth-order valence-electron chi connectivity index (χ4n) is 3.46. The number of amides is 2. The van der Waals surface area contributed by atoms with Crippen molar-refractivity contribution < 1.29 is 28.7 Å². The van der Waals surface area contributed by atoms with E-state index in [0.717, 1.165) is 16.7 Å². The Bertz CT molecular complexity index is 1270. The Hall–Kier alpha value is -3.79. The summed E-state index contributed by atoms with van der Waals surface area (Å²) in [5.41, 5.74) is 1.24. The Morgan fingerprint density at radius 1 is 0.971 bits per heavy atom.